The van der Waals surface area contributed by atoms with Crippen molar-refractivity contribution in [1.82, 2.24) is 4.98 Å². The number of nitrogens with zero attached hydrogens (tertiary/aromatic N) is 2. The van der Waals surface area contributed by atoms with Crippen LogP contribution in [0, 0.1) is 0 Å². The van der Waals surface area contributed by atoms with E-state index in [1.54, 1.807) is 13.1 Å². The number of rotatable bonds is 3. The number of morpholine rings is 1. The summed E-state index contributed by atoms with van der Waals surface area (Å²) in [5, 5.41) is 3.83. The van der Waals surface area contributed by atoms with Gasteiger partial charge in [0, 0.05) is 36.9 Å². The molecule has 3 rings (SSSR count). The minimum absolute atomic E-state index is 0.203. The van der Waals surface area contributed by atoms with E-state index in [9.17, 15) is 8.78 Å². The molecule has 112 valence electrons. The summed E-state index contributed by atoms with van der Waals surface area (Å²) in [4.78, 5) is 6.26. The second-order valence-corrected chi connectivity index (χ2v) is 4.95. The first-order valence-electron chi connectivity index (χ1n) is 6.92. The predicted octanol–water partition coefficient (Wildman–Crippen LogP) is 3.05. The van der Waals surface area contributed by atoms with Crippen LogP contribution in [0.3, 0.4) is 0 Å². The third kappa shape index (κ3) is 2.76. The number of benzene rings is 1. The second-order valence-electron chi connectivity index (χ2n) is 4.95. The Morgan fingerprint density at radius 2 is 2.00 bits per heavy atom. The summed E-state index contributed by atoms with van der Waals surface area (Å²) in [6, 6.07) is 7.13. The zero-order valence-corrected chi connectivity index (χ0v) is 11.8. The number of aromatic nitrogens is 1. The molecular weight excluding hydrogens is 276 g/mol. The van der Waals surface area contributed by atoms with Crippen molar-refractivity contribution in [2.75, 3.05) is 43.6 Å². The summed E-state index contributed by atoms with van der Waals surface area (Å²) in [6.07, 6.45) is -2.57. The van der Waals surface area contributed by atoms with Crippen molar-refractivity contribution in [3.8, 4) is 0 Å². The van der Waals surface area contributed by atoms with E-state index in [0.29, 0.717) is 24.4 Å². The Labute approximate surface area is 121 Å². The van der Waals surface area contributed by atoms with Crippen molar-refractivity contribution in [1.29, 1.82) is 0 Å². The van der Waals surface area contributed by atoms with E-state index >= 15 is 0 Å². The molecule has 0 bridgehead atoms. The number of hydrogen-bond acceptors (Lipinski definition) is 4. The molecule has 0 saturated carbocycles. The Kier molecular flexibility index (Phi) is 3.88. The zero-order chi connectivity index (χ0) is 14.8. The lowest BCUT2D eigenvalue weighted by Gasteiger charge is -2.29. The van der Waals surface area contributed by atoms with Gasteiger partial charge in [0.2, 0.25) is 0 Å². The van der Waals surface area contributed by atoms with Crippen LogP contribution in [0.5, 0.6) is 0 Å². The van der Waals surface area contributed by atoms with Gasteiger partial charge in [-0.2, -0.15) is 0 Å². The highest BCUT2D eigenvalue weighted by Crippen LogP contribution is 2.30. The fourth-order valence-electron chi connectivity index (χ4n) is 2.57. The summed E-state index contributed by atoms with van der Waals surface area (Å²) >= 11 is 0. The number of alkyl halides is 2. The van der Waals surface area contributed by atoms with Gasteiger partial charge < -0.3 is 15.0 Å². The number of anilines is 2. The average molecular weight is 293 g/mol. The van der Waals surface area contributed by atoms with Gasteiger partial charge in [0.15, 0.2) is 0 Å². The molecule has 4 nitrogen and oxygen atoms in total. The fraction of sp³-hybridized carbons (Fsp3) is 0.400. The average Bonchev–Trinajstić information content (AvgIpc) is 2.54. The van der Waals surface area contributed by atoms with Crippen molar-refractivity contribution >= 4 is 22.3 Å². The molecule has 0 aliphatic carbocycles. The molecule has 21 heavy (non-hydrogen) atoms. The lowest BCUT2D eigenvalue weighted by Crippen LogP contribution is -2.36. The number of pyridine rings is 1. The molecule has 1 saturated heterocycles. The van der Waals surface area contributed by atoms with Gasteiger partial charge in [-0.1, -0.05) is 0 Å². The Bertz CT molecular complexity index is 642. The van der Waals surface area contributed by atoms with E-state index in [1.807, 2.05) is 12.1 Å². The predicted molar refractivity (Wildman–Crippen MR) is 79.3 cm³/mol. The monoisotopic (exact) mass is 293 g/mol. The third-order valence-electron chi connectivity index (χ3n) is 3.68. The van der Waals surface area contributed by atoms with Crippen LogP contribution in [0.25, 0.3) is 10.9 Å². The largest absolute Gasteiger partial charge is 0.388 e. The maximum atomic E-state index is 12.9. The lowest BCUT2D eigenvalue weighted by molar-refractivity contribution is 0.122. The van der Waals surface area contributed by atoms with Crippen LogP contribution >= 0.6 is 0 Å². The van der Waals surface area contributed by atoms with Crippen LogP contribution in [-0.4, -0.2) is 38.3 Å². The second kappa shape index (κ2) is 5.81. The molecule has 0 unspecified atom stereocenters. The quantitative estimate of drug-likeness (QED) is 0.944. The van der Waals surface area contributed by atoms with Gasteiger partial charge in [-0.25, -0.2) is 13.8 Å². The Morgan fingerprint density at radius 3 is 2.67 bits per heavy atom. The molecule has 0 amide bonds. The molecule has 6 heteroatoms. The van der Waals surface area contributed by atoms with Crippen molar-refractivity contribution in [2.45, 2.75) is 6.43 Å². The molecule has 1 aliphatic heterocycles. The van der Waals surface area contributed by atoms with E-state index < -0.39 is 6.43 Å². The Hall–Kier alpha value is -1.95. The van der Waals surface area contributed by atoms with Crippen molar-refractivity contribution in [3.05, 3.63) is 30.0 Å². The van der Waals surface area contributed by atoms with Gasteiger partial charge >= 0.3 is 0 Å². The molecule has 0 radical (unpaired) electrons. The topological polar surface area (TPSA) is 37.4 Å². The van der Waals surface area contributed by atoms with Crippen molar-refractivity contribution in [3.63, 3.8) is 0 Å². The van der Waals surface area contributed by atoms with Crippen LogP contribution in [0.1, 0.15) is 12.1 Å². The first-order valence-corrected chi connectivity index (χ1v) is 6.92. The molecule has 0 atom stereocenters. The fourth-order valence-corrected chi connectivity index (χ4v) is 2.57. The summed E-state index contributed by atoms with van der Waals surface area (Å²) in [5.41, 5.74) is 2.11. The SMILES string of the molecule is CNc1cc(C(F)F)nc2ccc(N3CCOCC3)cc12. The van der Waals surface area contributed by atoms with E-state index in [0.717, 1.165) is 24.2 Å². The molecule has 1 N–H and O–H groups in total. The van der Waals surface area contributed by atoms with Gasteiger partial charge in [0.05, 0.1) is 18.7 Å². The first-order chi connectivity index (χ1) is 10.2. The van der Waals surface area contributed by atoms with Gasteiger partial charge in [0.25, 0.3) is 6.43 Å². The summed E-state index contributed by atoms with van der Waals surface area (Å²) < 4.78 is 31.1. The lowest BCUT2D eigenvalue weighted by atomic mass is 10.1. The molecule has 1 fully saturated rings. The third-order valence-corrected chi connectivity index (χ3v) is 3.68. The molecule has 1 aliphatic rings. The highest BCUT2D eigenvalue weighted by molar-refractivity contribution is 5.93. The molecular formula is C15H17F2N3O. The minimum atomic E-state index is -2.57. The van der Waals surface area contributed by atoms with Crippen LogP contribution in [0.4, 0.5) is 20.2 Å². The first kappa shape index (κ1) is 14.0. The van der Waals surface area contributed by atoms with Gasteiger partial charge in [0.1, 0.15) is 5.69 Å². The standard InChI is InChI=1S/C15H17F2N3O/c1-18-13-9-14(15(16)17)19-12-3-2-10(8-11(12)13)20-4-6-21-7-5-20/h2-3,8-9,15H,4-7H2,1H3,(H,18,19). The summed E-state index contributed by atoms with van der Waals surface area (Å²) in [6.45, 7) is 3.09. The minimum Gasteiger partial charge on any atom is -0.388 e. The molecule has 1 aromatic carbocycles. The number of ether oxygens (including phenoxy) is 1. The van der Waals surface area contributed by atoms with Gasteiger partial charge in [-0.3, -0.25) is 0 Å². The maximum absolute atomic E-state index is 12.9. The van der Waals surface area contributed by atoms with Gasteiger partial charge in [-0.05, 0) is 24.3 Å². The normalized spacial score (nSPS) is 15.7. The summed E-state index contributed by atoms with van der Waals surface area (Å²) in [7, 11) is 1.73. The van der Waals surface area contributed by atoms with Crippen LogP contribution in [0.2, 0.25) is 0 Å². The number of halogens is 2. The number of hydrogen-bond donors (Lipinski definition) is 1. The Balaban J connectivity index is 2.05. The molecule has 2 heterocycles. The zero-order valence-electron chi connectivity index (χ0n) is 11.8. The van der Waals surface area contributed by atoms with E-state index in [-0.39, 0.29) is 5.69 Å². The maximum Gasteiger partial charge on any atom is 0.280 e. The van der Waals surface area contributed by atoms with Crippen LogP contribution in [-0.2, 0) is 4.74 Å². The summed E-state index contributed by atoms with van der Waals surface area (Å²) in [5.74, 6) is 0. The van der Waals surface area contributed by atoms with E-state index in [2.05, 4.69) is 15.2 Å². The van der Waals surface area contributed by atoms with E-state index in [1.165, 1.54) is 6.07 Å². The molecule has 1 aromatic heterocycles. The van der Waals surface area contributed by atoms with Crippen molar-refractivity contribution in [2.24, 2.45) is 0 Å². The Morgan fingerprint density at radius 1 is 1.24 bits per heavy atom. The number of nitrogens with one attached hydrogen (secondary N) is 1. The van der Waals surface area contributed by atoms with Crippen molar-refractivity contribution < 1.29 is 13.5 Å². The van der Waals surface area contributed by atoms with E-state index in [4.69, 9.17) is 4.74 Å². The highest BCUT2D eigenvalue weighted by atomic mass is 19.3. The molecule has 0 spiro atoms. The van der Waals surface area contributed by atoms with Crippen LogP contribution in [0.15, 0.2) is 24.3 Å². The molecule has 2 aromatic rings. The van der Waals surface area contributed by atoms with Gasteiger partial charge in [-0.15, -0.1) is 0 Å². The number of fused-ring (bicyclic) bond motifs is 1. The van der Waals surface area contributed by atoms with Crippen LogP contribution < -0.4 is 10.2 Å². The smallest absolute Gasteiger partial charge is 0.280 e. The highest BCUT2D eigenvalue weighted by Gasteiger charge is 2.15.